The summed E-state index contributed by atoms with van der Waals surface area (Å²) >= 11 is 6.80. The van der Waals surface area contributed by atoms with E-state index in [4.69, 9.17) is 25.5 Å². The number of nitrogens with zero attached hydrogens (tertiary/aromatic N) is 2. The number of carbonyl (C=O) groups is 1. The molecule has 0 radical (unpaired) electrons. The average molecular weight is 559 g/mol. The van der Waals surface area contributed by atoms with Gasteiger partial charge in [0.25, 0.3) is 5.22 Å². The van der Waals surface area contributed by atoms with E-state index >= 15 is 0 Å². The molecule has 0 bridgehead atoms. The zero-order valence-corrected chi connectivity index (χ0v) is 22.4. The highest BCUT2D eigenvalue weighted by Gasteiger charge is 2.17. The fourth-order valence-electron chi connectivity index (χ4n) is 3.92. The highest BCUT2D eigenvalue weighted by molar-refractivity contribution is 8.03. The van der Waals surface area contributed by atoms with Crippen molar-refractivity contribution in [3.8, 4) is 23.0 Å². The number of ether oxygens (including phenoxy) is 2. The number of benzene rings is 4. The molecule has 1 heterocycles. The summed E-state index contributed by atoms with van der Waals surface area (Å²) in [5.74, 6) is 0.228. The van der Waals surface area contributed by atoms with Gasteiger partial charge in [0, 0.05) is 10.6 Å². The van der Waals surface area contributed by atoms with Gasteiger partial charge in [-0.05, 0) is 83.1 Å². The van der Waals surface area contributed by atoms with Crippen molar-refractivity contribution in [3.05, 3.63) is 106 Å². The van der Waals surface area contributed by atoms with Crippen LogP contribution in [0.5, 0.6) is 11.5 Å². The van der Waals surface area contributed by atoms with E-state index in [1.807, 2.05) is 31.2 Å². The summed E-state index contributed by atoms with van der Waals surface area (Å²) in [5.41, 5.74) is 2.36. The fourth-order valence-corrected chi connectivity index (χ4v) is 4.71. The lowest BCUT2D eigenvalue weighted by Gasteiger charge is -2.14. The van der Waals surface area contributed by atoms with Crippen molar-refractivity contribution >= 4 is 46.2 Å². The van der Waals surface area contributed by atoms with Crippen molar-refractivity contribution in [2.24, 2.45) is 0 Å². The number of rotatable bonds is 10. The average Bonchev–Trinajstić information content (AvgIpc) is 3.41. The molecule has 0 spiro atoms. The van der Waals surface area contributed by atoms with Crippen molar-refractivity contribution in [2.75, 3.05) is 6.61 Å². The standard InChI is InChI=1S/C30H23ClN2O5S/c1-2-36-26-16-19(10-15-25(26)37-18-22-8-5-7-20-6-3-4-9-24(20)22)17-27(29(34)35)39-30-33-32-28(38-30)21-11-13-23(31)14-12-21/h3-17H,2,18H2,1H3,(H,34,35)/b27-17-. The van der Waals surface area contributed by atoms with Crippen LogP contribution in [0.1, 0.15) is 18.1 Å². The van der Waals surface area contributed by atoms with Gasteiger partial charge in [-0.1, -0.05) is 60.1 Å². The maximum atomic E-state index is 12.0. The van der Waals surface area contributed by atoms with Gasteiger partial charge in [0.15, 0.2) is 11.5 Å². The second-order valence-corrected chi connectivity index (χ2v) is 9.79. The Bertz CT molecular complexity index is 1640. The van der Waals surface area contributed by atoms with Gasteiger partial charge >= 0.3 is 5.97 Å². The van der Waals surface area contributed by atoms with Gasteiger partial charge < -0.3 is 19.0 Å². The van der Waals surface area contributed by atoms with Crippen LogP contribution >= 0.6 is 23.4 Å². The van der Waals surface area contributed by atoms with E-state index in [2.05, 4.69) is 28.4 Å². The zero-order valence-electron chi connectivity index (χ0n) is 20.8. The Kier molecular flexibility index (Phi) is 8.15. The molecule has 0 fully saturated rings. The van der Waals surface area contributed by atoms with E-state index in [0.29, 0.717) is 40.9 Å². The third-order valence-electron chi connectivity index (χ3n) is 5.73. The Hall–Kier alpha value is -4.27. The molecule has 1 N–H and O–H groups in total. The molecule has 196 valence electrons. The molecule has 9 heteroatoms. The topological polar surface area (TPSA) is 94.7 Å². The number of aromatic nitrogens is 2. The van der Waals surface area contributed by atoms with Crippen LogP contribution in [0.15, 0.2) is 99.5 Å². The maximum absolute atomic E-state index is 12.0. The summed E-state index contributed by atoms with van der Waals surface area (Å²) in [6.45, 7) is 2.66. The van der Waals surface area contributed by atoms with Crippen molar-refractivity contribution in [3.63, 3.8) is 0 Å². The van der Waals surface area contributed by atoms with E-state index in [1.165, 1.54) is 6.08 Å². The van der Waals surface area contributed by atoms with Gasteiger partial charge in [-0.25, -0.2) is 4.79 Å². The van der Waals surface area contributed by atoms with E-state index in [0.717, 1.165) is 28.1 Å². The Balaban J connectivity index is 1.35. The molecule has 39 heavy (non-hydrogen) atoms. The first kappa shape index (κ1) is 26.3. The number of halogens is 1. The SMILES string of the molecule is CCOc1cc(/C=C(\Sc2nnc(-c3ccc(Cl)cc3)o2)C(=O)O)ccc1OCc1cccc2ccccc12. The van der Waals surface area contributed by atoms with Crippen molar-refractivity contribution in [1.82, 2.24) is 10.2 Å². The number of thioether (sulfide) groups is 1. The lowest BCUT2D eigenvalue weighted by molar-refractivity contribution is -0.131. The van der Waals surface area contributed by atoms with Gasteiger partial charge in [-0.2, -0.15) is 0 Å². The first-order chi connectivity index (χ1) is 19.0. The molecule has 0 amide bonds. The molecule has 5 rings (SSSR count). The Labute approximate surface area is 234 Å². The van der Waals surface area contributed by atoms with Gasteiger partial charge in [0.05, 0.1) is 6.61 Å². The summed E-state index contributed by atoms with van der Waals surface area (Å²) in [6, 6.07) is 26.5. The monoisotopic (exact) mass is 558 g/mol. The van der Waals surface area contributed by atoms with Crippen molar-refractivity contribution in [1.29, 1.82) is 0 Å². The Morgan fingerprint density at radius 3 is 2.56 bits per heavy atom. The molecule has 0 aliphatic carbocycles. The smallest absolute Gasteiger partial charge is 0.342 e. The number of hydrogen-bond acceptors (Lipinski definition) is 7. The molecular formula is C30H23ClN2O5S. The molecule has 0 atom stereocenters. The van der Waals surface area contributed by atoms with Crippen molar-refractivity contribution in [2.45, 2.75) is 18.8 Å². The van der Waals surface area contributed by atoms with Crippen LogP contribution in [0.2, 0.25) is 5.02 Å². The third-order valence-corrected chi connectivity index (χ3v) is 6.84. The molecule has 4 aromatic carbocycles. The summed E-state index contributed by atoms with van der Waals surface area (Å²) < 4.78 is 17.6. The molecule has 0 saturated carbocycles. The number of fused-ring (bicyclic) bond motifs is 1. The molecule has 0 aliphatic heterocycles. The van der Waals surface area contributed by atoms with Crippen molar-refractivity contribution < 1.29 is 23.8 Å². The van der Waals surface area contributed by atoms with E-state index in [-0.39, 0.29) is 16.0 Å². The highest BCUT2D eigenvalue weighted by Crippen LogP contribution is 2.34. The first-order valence-electron chi connectivity index (χ1n) is 12.1. The van der Waals surface area contributed by atoms with Crippen LogP contribution in [0.25, 0.3) is 28.3 Å². The molecule has 0 aliphatic rings. The zero-order chi connectivity index (χ0) is 27.2. The lowest BCUT2D eigenvalue weighted by atomic mass is 10.1. The molecule has 7 nitrogen and oxygen atoms in total. The van der Waals surface area contributed by atoms with E-state index in [1.54, 1.807) is 42.5 Å². The fraction of sp³-hybridized carbons (Fsp3) is 0.100. The van der Waals surface area contributed by atoms with Crippen LogP contribution in [0.4, 0.5) is 0 Å². The summed E-state index contributed by atoms with van der Waals surface area (Å²) in [6.07, 6.45) is 1.52. The van der Waals surface area contributed by atoms with Crippen LogP contribution in [0.3, 0.4) is 0 Å². The van der Waals surface area contributed by atoms with Crippen LogP contribution in [-0.4, -0.2) is 27.9 Å². The predicted molar refractivity (Wildman–Crippen MR) is 152 cm³/mol. The first-order valence-corrected chi connectivity index (χ1v) is 13.3. The van der Waals surface area contributed by atoms with Crippen LogP contribution < -0.4 is 9.47 Å². The van der Waals surface area contributed by atoms with Gasteiger partial charge in [0.2, 0.25) is 5.89 Å². The molecule has 1 aromatic heterocycles. The molecule has 0 unspecified atom stereocenters. The normalized spacial score (nSPS) is 11.5. The summed E-state index contributed by atoms with van der Waals surface area (Å²) in [4.78, 5) is 12.0. The second kappa shape index (κ2) is 12.1. The summed E-state index contributed by atoms with van der Waals surface area (Å²) in [7, 11) is 0. The largest absolute Gasteiger partial charge is 0.490 e. The Morgan fingerprint density at radius 2 is 1.77 bits per heavy atom. The Morgan fingerprint density at radius 1 is 0.974 bits per heavy atom. The third kappa shape index (κ3) is 6.42. The number of hydrogen-bond donors (Lipinski definition) is 1. The maximum Gasteiger partial charge on any atom is 0.342 e. The molecular weight excluding hydrogens is 536 g/mol. The van der Waals surface area contributed by atoms with Gasteiger partial charge in [-0.15, -0.1) is 10.2 Å². The second-order valence-electron chi connectivity index (χ2n) is 8.36. The minimum Gasteiger partial charge on any atom is -0.490 e. The van der Waals surface area contributed by atoms with E-state index in [9.17, 15) is 9.90 Å². The number of carboxylic acids is 1. The van der Waals surface area contributed by atoms with Crippen LogP contribution in [-0.2, 0) is 11.4 Å². The van der Waals surface area contributed by atoms with Gasteiger partial charge in [0.1, 0.15) is 11.5 Å². The highest BCUT2D eigenvalue weighted by atomic mass is 35.5. The molecule has 5 aromatic rings. The van der Waals surface area contributed by atoms with E-state index < -0.39 is 5.97 Å². The molecule has 0 saturated heterocycles. The van der Waals surface area contributed by atoms with Crippen LogP contribution in [0, 0.1) is 0 Å². The predicted octanol–water partition coefficient (Wildman–Crippen LogP) is 7.74. The number of aliphatic carboxylic acids is 1. The lowest BCUT2D eigenvalue weighted by Crippen LogP contribution is -2.01. The number of carboxylic acid groups (broad SMARTS) is 1. The summed E-state index contributed by atoms with van der Waals surface area (Å²) in [5, 5.41) is 20.8. The van der Waals surface area contributed by atoms with Gasteiger partial charge in [-0.3, -0.25) is 0 Å². The minimum atomic E-state index is -1.12. The minimum absolute atomic E-state index is 0.00757. The quantitative estimate of drug-likeness (QED) is 0.137.